The highest BCUT2D eigenvalue weighted by Gasteiger charge is 2.44. The molecule has 9 nitrogen and oxygen atoms in total. The maximum absolute atomic E-state index is 11.9. The molecule has 1 fully saturated rings. The van der Waals surface area contributed by atoms with Gasteiger partial charge in [0.25, 0.3) is 0 Å². The van der Waals surface area contributed by atoms with Gasteiger partial charge in [-0.25, -0.2) is 0 Å². The predicted octanol–water partition coefficient (Wildman–Crippen LogP) is 2.71. The maximum atomic E-state index is 11.9. The zero-order valence-corrected chi connectivity index (χ0v) is 23.0. The predicted molar refractivity (Wildman–Crippen MR) is 143 cm³/mol. The Bertz CT molecular complexity index is 603. The summed E-state index contributed by atoms with van der Waals surface area (Å²) in [6.45, 7) is 3.18. The van der Waals surface area contributed by atoms with Crippen LogP contribution in [0.4, 0.5) is 0 Å². The third-order valence-electron chi connectivity index (χ3n) is 6.93. The lowest BCUT2D eigenvalue weighted by Gasteiger charge is -2.40. The lowest BCUT2D eigenvalue weighted by atomic mass is 9.99. The van der Waals surface area contributed by atoms with Crippen molar-refractivity contribution in [2.24, 2.45) is 0 Å². The Kier molecular flexibility index (Phi) is 19.1. The number of hydrogen-bond donors (Lipinski definition) is 6. The Labute approximate surface area is 223 Å². The second-order valence-corrected chi connectivity index (χ2v) is 10.2. The number of ether oxygens (including phenoxy) is 2. The monoisotopic (exact) mass is 531 g/mol. The zero-order valence-electron chi connectivity index (χ0n) is 23.0. The fourth-order valence-corrected chi connectivity index (χ4v) is 4.41. The molecule has 218 valence electrons. The van der Waals surface area contributed by atoms with E-state index in [2.05, 4.69) is 12.2 Å². The molecule has 0 bridgehead atoms. The van der Waals surface area contributed by atoms with E-state index in [4.69, 9.17) is 9.47 Å². The van der Waals surface area contributed by atoms with Crippen molar-refractivity contribution in [3.63, 3.8) is 0 Å². The summed E-state index contributed by atoms with van der Waals surface area (Å²) >= 11 is 0. The average molecular weight is 532 g/mol. The summed E-state index contributed by atoms with van der Waals surface area (Å²) in [5.74, 6) is -0.268. The summed E-state index contributed by atoms with van der Waals surface area (Å²) in [5.41, 5.74) is 0. The quantitative estimate of drug-likeness (QED) is 0.0978. The first kappa shape index (κ1) is 34.0. The Balaban J connectivity index is 2.33. The number of aliphatic hydroxyl groups excluding tert-OH is 5. The molecule has 37 heavy (non-hydrogen) atoms. The molecule has 6 N–H and O–H groups in total. The van der Waals surface area contributed by atoms with Gasteiger partial charge in [-0.2, -0.15) is 0 Å². The number of amides is 1. The van der Waals surface area contributed by atoms with Crippen molar-refractivity contribution in [2.75, 3.05) is 13.2 Å². The van der Waals surface area contributed by atoms with Gasteiger partial charge < -0.3 is 40.3 Å². The highest BCUT2D eigenvalue weighted by Crippen LogP contribution is 2.22. The maximum Gasteiger partial charge on any atom is 0.220 e. The second-order valence-electron chi connectivity index (χ2n) is 10.2. The van der Waals surface area contributed by atoms with Gasteiger partial charge >= 0.3 is 0 Å². The van der Waals surface area contributed by atoms with Crippen LogP contribution in [-0.2, 0) is 14.3 Å². The van der Waals surface area contributed by atoms with E-state index in [9.17, 15) is 30.3 Å². The van der Waals surface area contributed by atoms with Crippen LogP contribution in [-0.4, -0.2) is 87.5 Å². The van der Waals surface area contributed by atoms with E-state index in [0.717, 1.165) is 19.3 Å². The van der Waals surface area contributed by atoms with Crippen LogP contribution in [0.25, 0.3) is 0 Å². The topological polar surface area (TPSA) is 149 Å². The van der Waals surface area contributed by atoms with Crippen LogP contribution < -0.4 is 5.32 Å². The fourth-order valence-electron chi connectivity index (χ4n) is 4.41. The Hall–Kier alpha value is -1.07. The SMILES string of the molecule is CCCCCCCCCCCCCC/C=C/C(O)C(COC1OC(CO)C(O)C(O)C1O)NC(=O)CC. The molecule has 9 heteroatoms. The van der Waals surface area contributed by atoms with Gasteiger partial charge in [-0.3, -0.25) is 4.79 Å². The zero-order chi connectivity index (χ0) is 27.5. The summed E-state index contributed by atoms with van der Waals surface area (Å²) in [5, 5.41) is 52.6. The van der Waals surface area contributed by atoms with E-state index in [-0.39, 0.29) is 18.9 Å². The molecule has 0 aliphatic carbocycles. The number of rotatable bonds is 21. The molecular formula is C28H53NO8. The second kappa shape index (κ2) is 20.8. The Morgan fingerprint density at radius 1 is 0.892 bits per heavy atom. The molecule has 0 saturated carbocycles. The number of hydrogen-bond acceptors (Lipinski definition) is 8. The third-order valence-corrected chi connectivity index (χ3v) is 6.93. The summed E-state index contributed by atoms with van der Waals surface area (Å²) in [7, 11) is 0. The van der Waals surface area contributed by atoms with E-state index in [1.54, 1.807) is 13.0 Å². The molecule has 1 amide bonds. The van der Waals surface area contributed by atoms with Gasteiger partial charge in [-0.1, -0.05) is 96.6 Å². The summed E-state index contributed by atoms with van der Waals surface area (Å²) < 4.78 is 10.9. The van der Waals surface area contributed by atoms with Crippen LogP contribution in [0.5, 0.6) is 0 Å². The lowest BCUT2D eigenvalue weighted by Crippen LogP contribution is -2.60. The molecule has 0 radical (unpaired) electrons. The first-order chi connectivity index (χ1) is 17.8. The van der Waals surface area contributed by atoms with Gasteiger partial charge in [0.05, 0.1) is 25.4 Å². The first-order valence-electron chi connectivity index (χ1n) is 14.4. The third kappa shape index (κ3) is 14.0. The van der Waals surface area contributed by atoms with Gasteiger partial charge in [0.15, 0.2) is 6.29 Å². The van der Waals surface area contributed by atoms with E-state index in [0.29, 0.717) is 0 Å². The van der Waals surface area contributed by atoms with Crippen molar-refractivity contribution < 1.29 is 39.8 Å². The van der Waals surface area contributed by atoms with Gasteiger partial charge in [0.1, 0.15) is 24.4 Å². The van der Waals surface area contributed by atoms with Crippen molar-refractivity contribution in [1.82, 2.24) is 5.32 Å². The van der Waals surface area contributed by atoms with E-state index < -0.39 is 49.5 Å². The summed E-state index contributed by atoms with van der Waals surface area (Å²) in [6.07, 6.45) is 12.0. The molecular weight excluding hydrogens is 478 g/mol. The lowest BCUT2D eigenvalue weighted by molar-refractivity contribution is -0.302. The molecule has 7 unspecified atom stereocenters. The van der Waals surface area contributed by atoms with Gasteiger partial charge in [-0.05, 0) is 12.8 Å². The van der Waals surface area contributed by atoms with E-state index in [1.165, 1.54) is 64.2 Å². The highest BCUT2D eigenvalue weighted by molar-refractivity contribution is 5.75. The normalized spacial score (nSPS) is 25.9. The molecule has 0 aromatic carbocycles. The van der Waals surface area contributed by atoms with Crippen molar-refractivity contribution in [3.8, 4) is 0 Å². The standard InChI is InChI=1S/C28H53NO8/c1-3-5-6-7-8-9-10-11-12-13-14-15-16-17-18-22(31)21(29-24(32)4-2)20-36-28-27(35)26(34)25(33)23(19-30)37-28/h17-18,21-23,25-28,30-31,33-35H,3-16,19-20H2,1-2H3,(H,29,32)/b18-17+. The Morgan fingerprint density at radius 3 is 2.00 bits per heavy atom. The first-order valence-corrected chi connectivity index (χ1v) is 14.4. The Morgan fingerprint density at radius 2 is 1.46 bits per heavy atom. The molecule has 0 aromatic rings. The van der Waals surface area contributed by atoms with Crippen molar-refractivity contribution >= 4 is 5.91 Å². The minimum Gasteiger partial charge on any atom is -0.394 e. The molecule has 0 aromatic heterocycles. The van der Waals surface area contributed by atoms with Crippen LogP contribution in [0.2, 0.25) is 0 Å². The summed E-state index contributed by atoms with van der Waals surface area (Å²) in [4.78, 5) is 11.9. The largest absolute Gasteiger partial charge is 0.394 e. The number of carbonyl (C=O) groups excluding carboxylic acids is 1. The molecule has 1 rings (SSSR count). The van der Waals surface area contributed by atoms with Crippen molar-refractivity contribution in [3.05, 3.63) is 12.2 Å². The summed E-state index contributed by atoms with van der Waals surface area (Å²) in [6, 6.07) is -0.793. The highest BCUT2D eigenvalue weighted by atomic mass is 16.7. The van der Waals surface area contributed by atoms with Gasteiger partial charge in [0.2, 0.25) is 5.91 Å². The molecule has 7 atom stereocenters. The number of aliphatic hydroxyl groups is 5. The number of allylic oxidation sites excluding steroid dienone is 1. The van der Waals surface area contributed by atoms with Crippen LogP contribution in [0.15, 0.2) is 12.2 Å². The van der Waals surface area contributed by atoms with Crippen molar-refractivity contribution in [1.29, 1.82) is 0 Å². The molecule has 1 aliphatic rings. The minimum atomic E-state index is -1.56. The van der Waals surface area contributed by atoms with E-state index in [1.807, 2.05) is 6.08 Å². The number of unbranched alkanes of at least 4 members (excludes halogenated alkanes) is 12. The van der Waals surface area contributed by atoms with Gasteiger partial charge in [-0.15, -0.1) is 0 Å². The van der Waals surface area contributed by atoms with Crippen LogP contribution in [0.1, 0.15) is 104 Å². The smallest absolute Gasteiger partial charge is 0.220 e. The van der Waals surface area contributed by atoms with Crippen LogP contribution in [0, 0.1) is 0 Å². The molecule has 1 heterocycles. The van der Waals surface area contributed by atoms with Gasteiger partial charge in [0, 0.05) is 6.42 Å². The molecule has 1 saturated heterocycles. The van der Waals surface area contributed by atoms with Crippen molar-refractivity contribution in [2.45, 2.75) is 147 Å². The molecule has 1 aliphatic heterocycles. The fraction of sp³-hybridized carbons (Fsp3) is 0.893. The minimum absolute atomic E-state index is 0.196. The van der Waals surface area contributed by atoms with Crippen LogP contribution in [0.3, 0.4) is 0 Å². The number of carbonyl (C=O) groups is 1. The van der Waals surface area contributed by atoms with E-state index >= 15 is 0 Å². The van der Waals surface area contributed by atoms with Crippen LogP contribution >= 0.6 is 0 Å². The number of nitrogens with one attached hydrogen (secondary N) is 1. The molecule has 0 spiro atoms. The average Bonchev–Trinajstić information content (AvgIpc) is 2.90.